The van der Waals surface area contributed by atoms with Gasteiger partial charge in [-0.25, -0.2) is 9.97 Å². The van der Waals surface area contributed by atoms with E-state index in [1.165, 1.54) is 0 Å². The average molecular weight is 233 g/mol. The van der Waals surface area contributed by atoms with E-state index in [0.717, 1.165) is 34.5 Å². The lowest BCUT2D eigenvalue weighted by atomic mass is 10.1. The number of carboxylic acids is 1. The van der Waals surface area contributed by atoms with E-state index in [9.17, 15) is 4.79 Å². The molecule has 0 bridgehead atoms. The van der Waals surface area contributed by atoms with Gasteiger partial charge in [0.2, 0.25) is 0 Å². The average Bonchev–Trinajstić information content (AvgIpc) is 2.68. The minimum atomic E-state index is -0.787. The summed E-state index contributed by atoms with van der Waals surface area (Å²) >= 11 is 0. The van der Waals surface area contributed by atoms with Gasteiger partial charge in [0, 0.05) is 18.0 Å². The molecular weight excluding hydrogens is 218 g/mol. The van der Waals surface area contributed by atoms with Gasteiger partial charge < -0.3 is 10.1 Å². The van der Waals surface area contributed by atoms with E-state index in [-0.39, 0.29) is 6.42 Å². The molecule has 0 aliphatic heterocycles. The summed E-state index contributed by atoms with van der Waals surface area (Å²) in [4.78, 5) is 22.4. The summed E-state index contributed by atoms with van der Waals surface area (Å²) in [6.45, 7) is 3.89. The van der Waals surface area contributed by atoms with Gasteiger partial charge in [0.05, 0.1) is 5.69 Å². The van der Waals surface area contributed by atoms with E-state index >= 15 is 0 Å². The monoisotopic (exact) mass is 233 g/mol. The Labute approximate surface area is 98.9 Å². The van der Waals surface area contributed by atoms with Gasteiger partial charge in [-0.3, -0.25) is 4.79 Å². The maximum Gasteiger partial charge on any atom is 0.303 e. The Kier molecular flexibility index (Phi) is 3.08. The molecule has 0 aromatic carbocycles. The van der Waals surface area contributed by atoms with Crippen LogP contribution in [0.3, 0.4) is 0 Å². The van der Waals surface area contributed by atoms with Gasteiger partial charge in [0.15, 0.2) is 0 Å². The smallest absolute Gasteiger partial charge is 0.303 e. The van der Waals surface area contributed by atoms with Crippen molar-refractivity contribution in [3.63, 3.8) is 0 Å². The number of nitrogens with zero attached hydrogens (tertiary/aromatic N) is 2. The van der Waals surface area contributed by atoms with Crippen LogP contribution < -0.4 is 0 Å². The Bertz CT molecular complexity index is 560. The number of nitrogens with one attached hydrogen (secondary N) is 1. The summed E-state index contributed by atoms with van der Waals surface area (Å²) in [5, 5.41) is 9.70. The number of rotatable bonds is 4. The lowest BCUT2D eigenvalue weighted by molar-refractivity contribution is -0.136. The van der Waals surface area contributed by atoms with Crippen LogP contribution in [0, 0.1) is 6.92 Å². The molecule has 0 saturated carbocycles. The maximum atomic E-state index is 10.6. The molecule has 0 radical (unpaired) electrons. The molecule has 0 aliphatic carbocycles. The van der Waals surface area contributed by atoms with Crippen molar-refractivity contribution in [1.82, 2.24) is 15.0 Å². The molecule has 0 aliphatic rings. The Morgan fingerprint density at radius 2 is 2.24 bits per heavy atom. The highest BCUT2D eigenvalue weighted by Crippen LogP contribution is 2.21. The quantitative estimate of drug-likeness (QED) is 0.844. The molecule has 2 N–H and O–H groups in total. The molecule has 0 saturated heterocycles. The Hall–Kier alpha value is -1.91. The second-order valence-electron chi connectivity index (χ2n) is 4.00. The minimum absolute atomic E-state index is 0.129. The normalized spacial score (nSPS) is 10.9. The summed E-state index contributed by atoms with van der Waals surface area (Å²) in [7, 11) is 0. The highest BCUT2D eigenvalue weighted by atomic mass is 16.4. The molecule has 0 fully saturated rings. The highest BCUT2D eigenvalue weighted by Gasteiger charge is 2.12. The maximum absolute atomic E-state index is 10.6. The standard InChI is InChI=1S/C12H15N3O2/c1-3-9-11-8(4-5-10(16)17)6-13-12(11)15-7(2)14-9/h6H,3-5H2,1-2H3,(H,16,17)(H,13,14,15). The van der Waals surface area contributed by atoms with Crippen molar-refractivity contribution in [1.29, 1.82) is 0 Å². The predicted molar refractivity (Wildman–Crippen MR) is 64.0 cm³/mol. The zero-order valence-electron chi connectivity index (χ0n) is 9.95. The van der Waals surface area contributed by atoms with Crippen LogP contribution in [0.25, 0.3) is 11.0 Å². The predicted octanol–water partition coefficient (Wildman–Crippen LogP) is 1.85. The highest BCUT2D eigenvalue weighted by molar-refractivity contribution is 5.83. The first kappa shape index (κ1) is 11.6. The van der Waals surface area contributed by atoms with Gasteiger partial charge in [-0.1, -0.05) is 6.92 Å². The minimum Gasteiger partial charge on any atom is -0.481 e. The second kappa shape index (κ2) is 4.53. The van der Waals surface area contributed by atoms with Gasteiger partial charge >= 0.3 is 5.97 Å². The number of aryl methyl sites for hydroxylation is 3. The van der Waals surface area contributed by atoms with Crippen molar-refractivity contribution in [2.45, 2.75) is 33.1 Å². The number of H-pyrrole nitrogens is 1. The van der Waals surface area contributed by atoms with Crippen molar-refractivity contribution in [3.05, 3.63) is 23.3 Å². The van der Waals surface area contributed by atoms with Gasteiger partial charge in [-0.2, -0.15) is 0 Å². The van der Waals surface area contributed by atoms with Crippen LogP contribution >= 0.6 is 0 Å². The lowest BCUT2D eigenvalue weighted by Gasteiger charge is -2.03. The zero-order valence-corrected chi connectivity index (χ0v) is 9.95. The van der Waals surface area contributed by atoms with E-state index < -0.39 is 5.97 Å². The van der Waals surface area contributed by atoms with E-state index in [0.29, 0.717) is 6.42 Å². The topological polar surface area (TPSA) is 78.9 Å². The summed E-state index contributed by atoms with van der Waals surface area (Å²) in [5.41, 5.74) is 2.77. The molecule has 2 aromatic rings. The Morgan fingerprint density at radius 1 is 1.47 bits per heavy atom. The molecular formula is C12H15N3O2. The van der Waals surface area contributed by atoms with E-state index in [1.54, 1.807) is 0 Å². The largest absolute Gasteiger partial charge is 0.481 e. The molecule has 0 atom stereocenters. The number of fused-ring (bicyclic) bond motifs is 1. The van der Waals surface area contributed by atoms with Crippen molar-refractivity contribution in [2.24, 2.45) is 0 Å². The third kappa shape index (κ3) is 2.27. The summed E-state index contributed by atoms with van der Waals surface area (Å²) in [5.74, 6) is -0.0496. The fourth-order valence-electron chi connectivity index (χ4n) is 1.99. The van der Waals surface area contributed by atoms with Crippen molar-refractivity contribution < 1.29 is 9.90 Å². The van der Waals surface area contributed by atoms with Crippen LogP contribution in [0.1, 0.15) is 30.4 Å². The van der Waals surface area contributed by atoms with Crippen LogP contribution in [-0.4, -0.2) is 26.0 Å². The molecule has 90 valence electrons. The van der Waals surface area contributed by atoms with E-state index in [1.807, 2.05) is 20.0 Å². The van der Waals surface area contributed by atoms with Gasteiger partial charge in [-0.05, 0) is 25.3 Å². The van der Waals surface area contributed by atoms with Crippen LogP contribution in [-0.2, 0) is 17.6 Å². The van der Waals surface area contributed by atoms with Crippen LogP contribution in [0.4, 0.5) is 0 Å². The molecule has 17 heavy (non-hydrogen) atoms. The summed E-state index contributed by atoms with van der Waals surface area (Å²) in [6, 6.07) is 0. The fraction of sp³-hybridized carbons (Fsp3) is 0.417. The molecule has 0 unspecified atom stereocenters. The summed E-state index contributed by atoms with van der Waals surface area (Å²) < 4.78 is 0. The molecule has 0 spiro atoms. The van der Waals surface area contributed by atoms with Crippen molar-refractivity contribution in [3.8, 4) is 0 Å². The molecule has 2 heterocycles. The zero-order chi connectivity index (χ0) is 12.4. The first-order valence-corrected chi connectivity index (χ1v) is 5.67. The first-order chi connectivity index (χ1) is 8.11. The number of carboxylic acid groups (broad SMARTS) is 1. The molecule has 5 nitrogen and oxygen atoms in total. The van der Waals surface area contributed by atoms with Gasteiger partial charge in [-0.15, -0.1) is 0 Å². The number of hydrogen-bond acceptors (Lipinski definition) is 3. The van der Waals surface area contributed by atoms with Gasteiger partial charge in [0.25, 0.3) is 0 Å². The van der Waals surface area contributed by atoms with Crippen LogP contribution in [0.2, 0.25) is 0 Å². The van der Waals surface area contributed by atoms with Crippen molar-refractivity contribution >= 4 is 17.0 Å². The molecule has 0 amide bonds. The fourth-order valence-corrected chi connectivity index (χ4v) is 1.99. The Morgan fingerprint density at radius 3 is 2.88 bits per heavy atom. The lowest BCUT2D eigenvalue weighted by Crippen LogP contribution is -1.99. The van der Waals surface area contributed by atoms with Crippen LogP contribution in [0.15, 0.2) is 6.20 Å². The van der Waals surface area contributed by atoms with E-state index in [4.69, 9.17) is 5.11 Å². The molecule has 2 aromatic heterocycles. The molecule has 5 heteroatoms. The van der Waals surface area contributed by atoms with Gasteiger partial charge in [0.1, 0.15) is 11.5 Å². The SMILES string of the molecule is CCc1nc(C)nc2[nH]cc(CCC(=O)O)c12. The first-order valence-electron chi connectivity index (χ1n) is 5.67. The Balaban J connectivity index is 2.47. The third-order valence-electron chi connectivity index (χ3n) is 2.74. The number of hydrogen-bond donors (Lipinski definition) is 2. The summed E-state index contributed by atoms with van der Waals surface area (Å²) in [6.07, 6.45) is 3.29. The number of aliphatic carboxylic acids is 1. The second-order valence-corrected chi connectivity index (χ2v) is 4.00. The van der Waals surface area contributed by atoms with Crippen LogP contribution in [0.5, 0.6) is 0 Å². The van der Waals surface area contributed by atoms with E-state index in [2.05, 4.69) is 15.0 Å². The number of aromatic nitrogens is 3. The van der Waals surface area contributed by atoms with Crippen molar-refractivity contribution in [2.75, 3.05) is 0 Å². The third-order valence-corrected chi connectivity index (χ3v) is 2.74. The number of carbonyl (C=O) groups is 1. The number of aromatic amines is 1. The molecule has 2 rings (SSSR count).